The smallest absolute Gasteiger partial charge is 0.263 e. The lowest BCUT2D eigenvalue weighted by Crippen LogP contribution is -2.37. The Balaban J connectivity index is 1.17. The number of nitrogens with two attached hydrogens (primary N) is 1. The molecule has 2 bridgehead atoms. The molecule has 2 aliphatic heterocycles. The fourth-order valence-corrected chi connectivity index (χ4v) is 6.32. The molecular weight excluding hydrogens is 416 g/mol. The summed E-state index contributed by atoms with van der Waals surface area (Å²) in [5.41, 5.74) is 10.6. The van der Waals surface area contributed by atoms with E-state index in [1.165, 1.54) is 48.1 Å². The Labute approximate surface area is 193 Å². The number of nitrogens with zero attached hydrogens (tertiary/aromatic N) is 1. The van der Waals surface area contributed by atoms with Crippen LogP contribution in [0.15, 0.2) is 36.4 Å². The fourth-order valence-electron chi connectivity index (χ4n) is 5.29. The highest BCUT2D eigenvalue weighted by atomic mass is 32.1. The number of rotatable bonds is 7. The molecule has 2 saturated heterocycles. The molecule has 1 amide bonds. The Morgan fingerprint density at radius 1 is 1.12 bits per heavy atom. The lowest BCUT2D eigenvalue weighted by molar-refractivity contribution is 0.0959. The molecule has 32 heavy (non-hydrogen) atoms. The predicted octanol–water partition coefficient (Wildman–Crippen LogP) is 4.80. The second kappa shape index (κ2) is 9.20. The minimum Gasteiger partial charge on any atom is -0.397 e. The number of hydrogen-bond acceptors (Lipinski definition) is 5. The van der Waals surface area contributed by atoms with Gasteiger partial charge in [-0.3, -0.25) is 4.79 Å². The molecule has 4 N–H and O–H groups in total. The SMILES string of the molecule is CCCc1ccc2c(N)c(C(=O)NCCc3ccc(C4CC5CCC(C4)N5)cc3)sc2n1. The molecule has 2 unspecified atom stereocenters. The summed E-state index contributed by atoms with van der Waals surface area (Å²) in [5.74, 6) is 0.578. The highest BCUT2D eigenvalue weighted by Gasteiger charge is 2.33. The van der Waals surface area contributed by atoms with E-state index in [4.69, 9.17) is 5.73 Å². The van der Waals surface area contributed by atoms with Gasteiger partial charge in [0, 0.05) is 29.7 Å². The van der Waals surface area contributed by atoms with Crippen LogP contribution in [-0.2, 0) is 12.8 Å². The predicted molar refractivity (Wildman–Crippen MR) is 132 cm³/mol. The van der Waals surface area contributed by atoms with Crippen molar-refractivity contribution < 1.29 is 4.79 Å². The Morgan fingerprint density at radius 2 is 1.88 bits per heavy atom. The summed E-state index contributed by atoms with van der Waals surface area (Å²) >= 11 is 1.39. The summed E-state index contributed by atoms with van der Waals surface area (Å²) in [6.45, 7) is 2.73. The highest BCUT2D eigenvalue weighted by Crippen LogP contribution is 2.37. The van der Waals surface area contributed by atoms with Crippen molar-refractivity contribution in [1.82, 2.24) is 15.6 Å². The van der Waals surface area contributed by atoms with Gasteiger partial charge < -0.3 is 16.4 Å². The first kappa shape index (κ1) is 21.4. The number of carbonyl (C=O) groups excluding carboxylic acids is 1. The number of carbonyl (C=O) groups is 1. The van der Waals surface area contributed by atoms with Crippen LogP contribution >= 0.6 is 11.3 Å². The van der Waals surface area contributed by atoms with Crippen molar-refractivity contribution in [2.45, 2.75) is 69.9 Å². The summed E-state index contributed by atoms with van der Waals surface area (Å²) < 4.78 is 0. The van der Waals surface area contributed by atoms with Crippen molar-refractivity contribution >= 4 is 33.1 Å². The van der Waals surface area contributed by atoms with Crippen molar-refractivity contribution in [3.8, 4) is 0 Å². The van der Waals surface area contributed by atoms with Gasteiger partial charge in [-0.1, -0.05) is 37.6 Å². The van der Waals surface area contributed by atoms with Gasteiger partial charge >= 0.3 is 0 Å². The van der Waals surface area contributed by atoms with Crippen LogP contribution in [0.5, 0.6) is 0 Å². The Morgan fingerprint density at radius 3 is 2.59 bits per heavy atom. The molecule has 0 saturated carbocycles. The van der Waals surface area contributed by atoms with E-state index in [2.05, 4.69) is 46.8 Å². The van der Waals surface area contributed by atoms with Crippen LogP contribution in [0.25, 0.3) is 10.2 Å². The van der Waals surface area contributed by atoms with Gasteiger partial charge in [-0.15, -0.1) is 11.3 Å². The minimum atomic E-state index is -0.107. The number of fused-ring (bicyclic) bond motifs is 3. The van der Waals surface area contributed by atoms with E-state index in [-0.39, 0.29) is 5.91 Å². The van der Waals surface area contributed by atoms with Gasteiger partial charge in [0.15, 0.2) is 0 Å². The molecule has 5 nitrogen and oxygen atoms in total. The summed E-state index contributed by atoms with van der Waals surface area (Å²) in [6, 6.07) is 14.4. The third kappa shape index (κ3) is 4.39. The molecule has 2 fully saturated rings. The minimum absolute atomic E-state index is 0.107. The van der Waals surface area contributed by atoms with E-state index in [1.807, 2.05) is 12.1 Å². The van der Waals surface area contributed by atoms with Crippen molar-refractivity contribution in [2.75, 3.05) is 12.3 Å². The zero-order valence-electron chi connectivity index (χ0n) is 18.7. The van der Waals surface area contributed by atoms with Crippen LogP contribution < -0.4 is 16.4 Å². The molecule has 3 aromatic rings. The van der Waals surface area contributed by atoms with Crippen LogP contribution in [0.4, 0.5) is 5.69 Å². The maximum absolute atomic E-state index is 12.7. The normalized spacial score (nSPS) is 22.3. The molecular formula is C26H32N4OS. The average molecular weight is 449 g/mol. The van der Waals surface area contributed by atoms with E-state index in [1.54, 1.807) is 0 Å². The molecule has 168 valence electrons. The monoisotopic (exact) mass is 448 g/mol. The second-order valence-electron chi connectivity index (χ2n) is 9.30. The van der Waals surface area contributed by atoms with E-state index < -0.39 is 0 Å². The van der Waals surface area contributed by atoms with Crippen LogP contribution in [-0.4, -0.2) is 29.5 Å². The largest absolute Gasteiger partial charge is 0.397 e. The van der Waals surface area contributed by atoms with Crippen molar-refractivity contribution in [3.05, 3.63) is 58.1 Å². The molecule has 5 rings (SSSR count). The van der Waals surface area contributed by atoms with Gasteiger partial charge in [0.25, 0.3) is 5.91 Å². The molecule has 6 heteroatoms. The number of anilines is 1. The number of amides is 1. The maximum Gasteiger partial charge on any atom is 0.263 e. The zero-order valence-corrected chi connectivity index (χ0v) is 19.5. The molecule has 1 aromatic carbocycles. The maximum atomic E-state index is 12.7. The molecule has 0 aliphatic carbocycles. The number of thiophene rings is 1. The highest BCUT2D eigenvalue weighted by molar-refractivity contribution is 7.21. The molecule has 4 heterocycles. The topological polar surface area (TPSA) is 80.0 Å². The summed E-state index contributed by atoms with van der Waals surface area (Å²) in [6.07, 6.45) is 7.99. The van der Waals surface area contributed by atoms with Crippen molar-refractivity contribution in [2.24, 2.45) is 0 Å². The van der Waals surface area contributed by atoms with Gasteiger partial charge in [-0.05, 0) is 67.7 Å². The van der Waals surface area contributed by atoms with E-state index in [0.717, 1.165) is 35.2 Å². The second-order valence-corrected chi connectivity index (χ2v) is 10.3. The third-order valence-corrected chi connectivity index (χ3v) is 8.10. The number of pyridine rings is 1. The third-order valence-electron chi connectivity index (χ3n) is 6.99. The standard InChI is InChI=1S/C26H32N4OS/c1-2-3-19-10-11-22-23(27)24(32-26(22)30-19)25(31)28-13-12-16-4-6-17(7-5-16)18-14-20-8-9-21(15-18)29-20/h4-7,10-11,18,20-21,29H,2-3,8-9,12-15,27H2,1H3,(H,28,31). The Hall–Kier alpha value is -2.44. The average Bonchev–Trinajstić information content (AvgIpc) is 3.32. The first-order valence-electron chi connectivity index (χ1n) is 11.9. The van der Waals surface area contributed by atoms with Gasteiger partial charge in [-0.25, -0.2) is 4.98 Å². The molecule has 2 atom stereocenters. The Kier molecular flexibility index (Phi) is 6.15. The summed E-state index contributed by atoms with van der Waals surface area (Å²) in [7, 11) is 0. The fraction of sp³-hybridized carbons (Fsp3) is 0.462. The molecule has 2 aromatic heterocycles. The van der Waals surface area contributed by atoms with Crippen LogP contribution in [0, 0.1) is 0 Å². The van der Waals surface area contributed by atoms with Crippen LogP contribution in [0.1, 0.15) is 71.4 Å². The van der Waals surface area contributed by atoms with Gasteiger partial charge in [0.2, 0.25) is 0 Å². The van der Waals surface area contributed by atoms with Crippen LogP contribution in [0.3, 0.4) is 0 Å². The summed E-state index contributed by atoms with van der Waals surface area (Å²) in [4.78, 5) is 18.8. The van der Waals surface area contributed by atoms with E-state index in [0.29, 0.717) is 35.1 Å². The van der Waals surface area contributed by atoms with E-state index in [9.17, 15) is 4.79 Å². The molecule has 2 aliphatic rings. The number of nitrogens with one attached hydrogen (secondary N) is 2. The number of nitrogen functional groups attached to an aromatic ring is 1. The van der Waals surface area contributed by atoms with Crippen LogP contribution in [0.2, 0.25) is 0 Å². The summed E-state index contributed by atoms with van der Waals surface area (Å²) in [5, 5.41) is 7.64. The van der Waals surface area contributed by atoms with Gasteiger partial charge in [0.05, 0.1) is 5.69 Å². The lowest BCUT2D eigenvalue weighted by Gasteiger charge is -2.29. The van der Waals surface area contributed by atoms with Crippen molar-refractivity contribution in [3.63, 3.8) is 0 Å². The first-order chi connectivity index (χ1) is 15.6. The van der Waals surface area contributed by atoms with E-state index >= 15 is 0 Å². The number of hydrogen-bond donors (Lipinski definition) is 3. The molecule has 0 radical (unpaired) electrons. The van der Waals surface area contributed by atoms with Crippen molar-refractivity contribution in [1.29, 1.82) is 0 Å². The van der Waals surface area contributed by atoms with Gasteiger partial charge in [0.1, 0.15) is 9.71 Å². The quantitative estimate of drug-likeness (QED) is 0.485. The number of piperidine rings is 1. The van der Waals surface area contributed by atoms with Gasteiger partial charge in [-0.2, -0.15) is 0 Å². The lowest BCUT2D eigenvalue weighted by atomic mass is 9.86. The number of aromatic nitrogens is 1. The zero-order chi connectivity index (χ0) is 22.1. The Bertz CT molecular complexity index is 1090. The first-order valence-corrected chi connectivity index (χ1v) is 12.7. The molecule has 0 spiro atoms. The number of aryl methyl sites for hydroxylation is 1. The number of benzene rings is 1.